The molecule has 0 aliphatic carbocycles. The Morgan fingerprint density at radius 1 is 1.40 bits per heavy atom. The van der Waals surface area contributed by atoms with E-state index in [2.05, 4.69) is 10.6 Å². The Bertz CT molecular complexity index is 489. The number of benzene rings is 1. The summed E-state index contributed by atoms with van der Waals surface area (Å²) in [6.07, 6.45) is 1.62. The van der Waals surface area contributed by atoms with E-state index in [4.69, 9.17) is 0 Å². The lowest BCUT2D eigenvalue weighted by Crippen LogP contribution is -2.32. The van der Waals surface area contributed by atoms with Crippen molar-refractivity contribution in [1.29, 1.82) is 0 Å². The Labute approximate surface area is 118 Å². The first kappa shape index (κ1) is 15.9. The smallest absolute Gasteiger partial charge is 0.293 e. The molecule has 0 bridgehead atoms. The summed E-state index contributed by atoms with van der Waals surface area (Å²) in [5, 5.41) is 16.9. The van der Waals surface area contributed by atoms with Gasteiger partial charge in [-0.1, -0.05) is 19.9 Å². The number of anilines is 1. The van der Waals surface area contributed by atoms with Crippen LogP contribution >= 0.6 is 0 Å². The molecule has 2 N–H and O–H groups in total. The fourth-order valence-electron chi connectivity index (χ4n) is 1.72. The number of rotatable bonds is 7. The van der Waals surface area contributed by atoms with Gasteiger partial charge in [0.25, 0.3) is 11.6 Å². The van der Waals surface area contributed by atoms with Gasteiger partial charge in [0.1, 0.15) is 5.69 Å². The molecule has 0 fully saturated rings. The fraction of sp³-hybridized carbons (Fsp3) is 0.500. The number of carbonyl (C=O) groups is 1. The number of carbonyl (C=O) groups excluding carboxylic acids is 1. The zero-order valence-corrected chi connectivity index (χ0v) is 12.1. The van der Waals surface area contributed by atoms with Crippen LogP contribution in [-0.4, -0.2) is 23.4 Å². The van der Waals surface area contributed by atoms with Gasteiger partial charge in [-0.15, -0.1) is 0 Å². The van der Waals surface area contributed by atoms with Crippen molar-refractivity contribution < 1.29 is 9.72 Å². The number of nitro benzene ring substituents is 1. The zero-order chi connectivity index (χ0) is 15.1. The maximum Gasteiger partial charge on any atom is 0.293 e. The SMILES string of the molecule is CCCNc1c(C(=O)NC(C)CC)cccc1[N+](=O)[O-]. The molecule has 0 aliphatic rings. The Kier molecular flexibility index (Phi) is 5.96. The molecule has 0 aliphatic heterocycles. The van der Waals surface area contributed by atoms with E-state index in [0.717, 1.165) is 12.8 Å². The zero-order valence-electron chi connectivity index (χ0n) is 12.1. The van der Waals surface area contributed by atoms with Gasteiger partial charge in [-0.2, -0.15) is 0 Å². The van der Waals surface area contributed by atoms with Crippen molar-refractivity contribution in [2.75, 3.05) is 11.9 Å². The molecule has 1 aromatic rings. The summed E-state index contributed by atoms with van der Waals surface area (Å²) in [6, 6.07) is 4.56. The molecule has 0 heterocycles. The first-order valence-electron chi connectivity index (χ1n) is 6.83. The van der Waals surface area contributed by atoms with Crippen molar-refractivity contribution >= 4 is 17.3 Å². The molecule has 0 spiro atoms. The van der Waals surface area contributed by atoms with Gasteiger partial charge in [0.05, 0.1) is 10.5 Å². The number of nitrogens with one attached hydrogen (secondary N) is 2. The van der Waals surface area contributed by atoms with Crippen molar-refractivity contribution in [2.45, 2.75) is 39.7 Å². The molecule has 1 atom stereocenters. The number of amides is 1. The van der Waals surface area contributed by atoms with Gasteiger partial charge < -0.3 is 10.6 Å². The van der Waals surface area contributed by atoms with Crippen LogP contribution in [0.25, 0.3) is 0 Å². The second-order valence-electron chi connectivity index (χ2n) is 4.67. The monoisotopic (exact) mass is 279 g/mol. The van der Waals surface area contributed by atoms with Crippen molar-refractivity contribution in [1.82, 2.24) is 5.32 Å². The van der Waals surface area contributed by atoms with Crippen LogP contribution in [0.2, 0.25) is 0 Å². The Hall–Kier alpha value is -2.11. The summed E-state index contributed by atoms with van der Waals surface area (Å²) >= 11 is 0. The van der Waals surface area contributed by atoms with E-state index in [1.165, 1.54) is 12.1 Å². The second kappa shape index (κ2) is 7.47. The number of hydrogen-bond acceptors (Lipinski definition) is 4. The summed E-state index contributed by atoms with van der Waals surface area (Å²) in [7, 11) is 0. The molecule has 0 aromatic heterocycles. The lowest BCUT2D eigenvalue weighted by atomic mass is 10.1. The third-order valence-corrected chi connectivity index (χ3v) is 3.03. The molecule has 110 valence electrons. The van der Waals surface area contributed by atoms with Crippen LogP contribution in [0.5, 0.6) is 0 Å². The number of nitro groups is 1. The molecule has 6 heteroatoms. The third-order valence-electron chi connectivity index (χ3n) is 3.03. The van der Waals surface area contributed by atoms with Crippen LogP contribution < -0.4 is 10.6 Å². The molecule has 20 heavy (non-hydrogen) atoms. The molecule has 1 unspecified atom stereocenters. The average molecular weight is 279 g/mol. The van der Waals surface area contributed by atoms with Gasteiger partial charge in [-0.25, -0.2) is 0 Å². The Morgan fingerprint density at radius 3 is 2.65 bits per heavy atom. The van der Waals surface area contributed by atoms with Gasteiger partial charge in [0.2, 0.25) is 0 Å². The minimum absolute atomic E-state index is 0.0285. The van der Waals surface area contributed by atoms with Gasteiger partial charge in [0, 0.05) is 18.7 Å². The van der Waals surface area contributed by atoms with Gasteiger partial charge in [-0.05, 0) is 25.8 Å². The largest absolute Gasteiger partial charge is 0.379 e. The first-order chi connectivity index (χ1) is 9.51. The molecule has 0 saturated heterocycles. The van der Waals surface area contributed by atoms with Crippen LogP contribution in [-0.2, 0) is 0 Å². The lowest BCUT2D eigenvalue weighted by Gasteiger charge is -2.15. The number of nitrogens with zero attached hydrogens (tertiary/aromatic N) is 1. The maximum absolute atomic E-state index is 12.2. The van der Waals surface area contributed by atoms with E-state index in [1.807, 2.05) is 20.8 Å². The van der Waals surface area contributed by atoms with Crippen LogP contribution in [0.3, 0.4) is 0 Å². The van der Waals surface area contributed by atoms with Crippen molar-refractivity contribution in [3.8, 4) is 0 Å². The van der Waals surface area contributed by atoms with E-state index in [1.54, 1.807) is 6.07 Å². The lowest BCUT2D eigenvalue weighted by molar-refractivity contribution is -0.384. The predicted molar refractivity (Wildman–Crippen MR) is 79.1 cm³/mol. The summed E-state index contributed by atoms with van der Waals surface area (Å²) in [5.74, 6) is -0.290. The van der Waals surface area contributed by atoms with Crippen molar-refractivity contribution in [3.05, 3.63) is 33.9 Å². The molecular weight excluding hydrogens is 258 g/mol. The van der Waals surface area contributed by atoms with Crippen LogP contribution in [0.15, 0.2) is 18.2 Å². The molecule has 1 amide bonds. The van der Waals surface area contributed by atoms with Gasteiger partial charge in [-0.3, -0.25) is 14.9 Å². The van der Waals surface area contributed by atoms with E-state index in [9.17, 15) is 14.9 Å². The highest BCUT2D eigenvalue weighted by Gasteiger charge is 2.21. The van der Waals surface area contributed by atoms with Gasteiger partial charge in [0.15, 0.2) is 0 Å². The summed E-state index contributed by atoms with van der Waals surface area (Å²) in [6.45, 7) is 6.40. The highest BCUT2D eigenvalue weighted by atomic mass is 16.6. The Balaban J connectivity index is 3.13. The molecule has 6 nitrogen and oxygen atoms in total. The number of hydrogen-bond donors (Lipinski definition) is 2. The van der Waals surface area contributed by atoms with Crippen LogP contribution in [0, 0.1) is 10.1 Å². The van der Waals surface area contributed by atoms with E-state index >= 15 is 0 Å². The topological polar surface area (TPSA) is 84.3 Å². The fourth-order valence-corrected chi connectivity index (χ4v) is 1.72. The van der Waals surface area contributed by atoms with E-state index in [-0.39, 0.29) is 17.6 Å². The minimum Gasteiger partial charge on any atom is -0.379 e. The van der Waals surface area contributed by atoms with Crippen molar-refractivity contribution in [3.63, 3.8) is 0 Å². The van der Waals surface area contributed by atoms with E-state index < -0.39 is 4.92 Å². The second-order valence-corrected chi connectivity index (χ2v) is 4.67. The summed E-state index contributed by atoms with van der Waals surface area (Å²) in [4.78, 5) is 22.8. The molecule has 0 saturated carbocycles. The van der Waals surface area contributed by atoms with Gasteiger partial charge >= 0.3 is 0 Å². The average Bonchev–Trinajstić information content (AvgIpc) is 2.44. The predicted octanol–water partition coefficient (Wildman–Crippen LogP) is 2.95. The van der Waals surface area contributed by atoms with Crippen molar-refractivity contribution in [2.24, 2.45) is 0 Å². The molecular formula is C14H21N3O3. The summed E-state index contributed by atoms with van der Waals surface area (Å²) < 4.78 is 0. The quantitative estimate of drug-likeness (QED) is 0.593. The molecule has 1 rings (SSSR count). The number of para-hydroxylation sites is 1. The standard InChI is InChI=1S/C14H21N3O3/c1-4-9-15-13-11(14(18)16-10(3)5-2)7-6-8-12(13)17(19)20/h6-8,10,15H,4-5,9H2,1-3H3,(H,16,18). The Morgan fingerprint density at radius 2 is 2.10 bits per heavy atom. The van der Waals surface area contributed by atoms with E-state index in [0.29, 0.717) is 17.8 Å². The summed E-state index contributed by atoms with van der Waals surface area (Å²) in [5.41, 5.74) is 0.531. The highest BCUT2D eigenvalue weighted by molar-refractivity contribution is 6.01. The normalized spacial score (nSPS) is 11.8. The highest BCUT2D eigenvalue weighted by Crippen LogP contribution is 2.28. The van der Waals surface area contributed by atoms with Crippen LogP contribution in [0.4, 0.5) is 11.4 Å². The first-order valence-corrected chi connectivity index (χ1v) is 6.83. The third kappa shape index (κ3) is 3.94. The maximum atomic E-state index is 12.2. The molecule has 1 aromatic carbocycles. The molecule has 0 radical (unpaired) electrons. The minimum atomic E-state index is -0.474. The van der Waals surface area contributed by atoms with Crippen LogP contribution in [0.1, 0.15) is 44.0 Å².